The van der Waals surface area contributed by atoms with Crippen molar-refractivity contribution >= 4 is 27.5 Å². The standard InChI is InChI=1S/C20H27N3O5S/c1-13-11-16-17(28-14(2)19(24)21-16)12-18(13)29(26,27)23-9-5-15(6-10-23)20(25)22-7-3-4-8-22/h11-12,14-15H,3-10H2,1-2H3,(H,21,24)/t14-/m1/s1. The minimum Gasteiger partial charge on any atom is -0.479 e. The molecule has 8 nitrogen and oxygen atoms in total. The zero-order valence-corrected chi connectivity index (χ0v) is 17.6. The van der Waals surface area contributed by atoms with Crippen LogP contribution in [-0.2, 0) is 19.6 Å². The van der Waals surface area contributed by atoms with Crippen molar-refractivity contribution in [1.82, 2.24) is 9.21 Å². The van der Waals surface area contributed by atoms with Crippen molar-refractivity contribution in [2.75, 3.05) is 31.5 Å². The van der Waals surface area contributed by atoms with Crippen LogP contribution in [0.5, 0.6) is 5.75 Å². The predicted octanol–water partition coefficient (Wildman–Crippen LogP) is 1.74. The lowest BCUT2D eigenvalue weighted by molar-refractivity contribution is -0.135. The quantitative estimate of drug-likeness (QED) is 0.802. The smallest absolute Gasteiger partial charge is 0.265 e. The Morgan fingerprint density at radius 2 is 1.79 bits per heavy atom. The van der Waals surface area contributed by atoms with Gasteiger partial charge in [-0.05, 0) is 51.2 Å². The van der Waals surface area contributed by atoms with Crippen LogP contribution in [0.4, 0.5) is 5.69 Å². The van der Waals surface area contributed by atoms with E-state index in [0.29, 0.717) is 42.9 Å². The largest absolute Gasteiger partial charge is 0.479 e. The number of fused-ring (bicyclic) bond motifs is 1. The third-order valence-corrected chi connectivity index (χ3v) is 8.09. The minimum atomic E-state index is -3.71. The first kappa shape index (κ1) is 20.2. The van der Waals surface area contributed by atoms with Crippen LogP contribution in [-0.4, -0.2) is 61.7 Å². The van der Waals surface area contributed by atoms with Crippen LogP contribution in [0.1, 0.15) is 38.2 Å². The van der Waals surface area contributed by atoms with E-state index >= 15 is 0 Å². The maximum atomic E-state index is 13.3. The Balaban J connectivity index is 1.50. The van der Waals surface area contributed by atoms with E-state index in [1.165, 1.54) is 10.4 Å². The molecule has 0 unspecified atom stereocenters. The summed E-state index contributed by atoms with van der Waals surface area (Å²) >= 11 is 0. The molecular formula is C20H27N3O5S. The molecule has 0 radical (unpaired) electrons. The second-order valence-corrected chi connectivity index (χ2v) is 9.98. The van der Waals surface area contributed by atoms with Crippen molar-refractivity contribution in [2.24, 2.45) is 5.92 Å². The van der Waals surface area contributed by atoms with E-state index in [4.69, 9.17) is 4.74 Å². The van der Waals surface area contributed by atoms with E-state index in [2.05, 4.69) is 5.32 Å². The Bertz CT molecular complexity index is 932. The SMILES string of the molecule is Cc1cc2c(cc1S(=O)(=O)N1CCC(C(=O)N3CCCC3)CC1)O[C@H](C)C(=O)N2. The van der Waals surface area contributed by atoms with Gasteiger partial charge in [0.2, 0.25) is 15.9 Å². The van der Waals surface area contributed by atoms with E-state index < -0.39 is 16.1 Å². The van der Waals surface area contributed by atoms with Gasteiger partial charge in [0.15, 0.2) is 6.10 Å². The summed E-state index contributed by atoms with van der Waals surface area (Å²) in [5, 5.41) is 2.74. The number of likely N-dealkylation sites (tertiary alicyclic amines) is 1. The fraction of sp³-hybridized carbons (Fsp3) is 0.600. The predicted molar refractivity (Wildman–Crippen MR) is 107 cm³/mol. The number of hydrogen-bond donors (Lipinski definition) is 1. The Morgan fingerprint density at radius 1 is 1.14 bits per heavy atom. The Kier molecular flexibility index (Phi) is 5.29. The number of anilines is 1. The van der Waals surface area contributed by atoms with Gasteiger partial charge in [0.1, 0.15) is 5.75 Å². The topological polar surface area (TPSA) is 96.0 Å². The lowest BCUT2D eigenvalue weighted by Crippen LogP contribution is -2.43. The summed E-state index contributed by atoms with van der Waals surface area (Å²) in [6.07, 6.45) is 2.52. The number of hydrogen-bond acceptors (Lipinski definition) is 5. The molecule has 4 rings (SSSR count). The van der Waals surface area contributed by atoms with Gasteiger partial charge in [-0.15, -0.1) is 0 Å². The zero-order chi connectivity index (χ0) is 20.8. The summed E-state index contributed by atoms with van der Waals surface area (Å²) in [5.74, 6) is 0.184. The van der Waals surface area contributed by atoms with E-state index in [0.717, 1.165) is 25.9 Å². The molecule has 3 aliphatic rings. The number of sulfonamides is 1. The molecule has 1 N–H and O–H groups in total. The van der Waals surface area contributed by atoms with Crippen LogP contribution in [0.3, 0.4) is 0 Å². The fourth-order valence-corrected chi connectivity index (χ4v) is 5.99. The summed E-state index contributed by atoms with van der Waals surface area (Å²) in [4.78, 5) is 26.5. The van der Waals surface area contributed by atoms with Crippen LogP contribution in [0.15, 0.2) is 17.0 Å². The van der Waals surface area contributed by atoms with Crippen molar-refractivity contribution in [3.8, 4) is 5.75 Å². The monoisotopic (exact) mass is 421 g/mol. The first-order valence-corrected chi connectivity index (χ1v) is 11.6. The van der Waals surface area contributed by atoms with Crippen molar-refractivity contribution < 1.29 is 22.7 Å². The first-order chi connectivity index (χ1) is 13.8. The molecule has 2 amide bonds. The van der Waals surface area contributed by atoms with Crippen LogP contribution in [0.25, 0.3) is 0 Å². The highest BCUT2D eigenvalue weighted by atomic mass is 32.2. The molecule has 1 aromatic rings. The van der Waals surface area contributed by atoms with Gasteiger partial charge in [-0.3, -0.25) is 9.59 Å². The maximum Gasteiger partial charge on any atom is 0.265 e. The lowest BCUT2D eigenvalue weighted by Gasteiger charge is -2.33. The normalized spacial score (nSPS) is 23.4. The number of benzene rings is 1. The molecule has 1 atom stereocenters. The van der Waals surface area contributed by atoms with E-state index in [1.807, 2.05) is 4.90 Å². The van der Waals surface area contributed by atoms with Crippen molar-refractivity contribution in [1.29, 1.82) is 0 Å². The molecular weight excluding hydrogens is 394 g/mol. The Morgan fingerprint density at radius 3 is 2.45 bits per heavy atom. The summed E-state index contributed by atoms with van der Waals surface area (Å²) in [7, 11) is -3.71. The van der Waals surface area contributed by atoms with E-state index in [-0.39, 0.29) is 22.6 Å². The van der Waals surface area contributed by atoms with Crippen LogP contribution >= 0.6 is 0 Å². The molecule has 1 aromatic carbocycles. The van der Waals surface area contributed by atoms with Gasteiger partial charge >= 0.3 is 0 Å². The molecule has 9 heteroatoms. The second kappa shape index (κ2) is 7.60. The number of aryl methyl sites for hydroxylation is 1. The average molecular weight is 422 g/mol. The van der Waals surface area contributed by atoms with Gasteiger partial charge in [-0.1, -0.05) is 0 Å². The van der Waals surface area contributed by atoms with Crippen LogP contribution < -0.4 is 10.1 Å². The number of nitrogens with zero attached hydrogens (tertiary/aromatic N) is 2. The third-order valence-electron chi connectivity index (χ3n) is 6.05. The van der Waals surface area contributed by atoms with Gasteiger partial charge in [0, 0.05) is 38.2 Å². The highest BCUT2D eigenvalue weighted by Gasteiger charge is 2.36. The number of carbonyl (C=O) groups excluding carboxylic acids is 2. The van der Waals surface area contributed by atoms with Gasteiger partial charge < -0.3 is 15.0 Å². The summed E-state index contributed by atoms with van der Waals surface area (Å²) in [6.45, 7) is 5.63. The number of amides is 2. The summed E-state index contributed by atoms with van der Waals surface area (Å²) in [6, 6.07) is 3.13. The highest BCUT2D eigenvalue weighted by Crippen LogP contribution is 2.36. The first-order valence-electron chi connectivity index (χ1n) is 10.2. The van der Waals surface area contributed by atoms with Crippen LogP contribution in [0, 0.1) is 12.8 Å². The summed E-state index contributed by atoms with van der Waals surface area (Å²) in [5.41, 5.74) is 1.04. The average Bonchev–Trinajstić information content (AvgIpc) is 3.23. The molecule has 0 aromatic heterocycles. The molecule has 2 saturated heterocycles. The van der Waals surface area contributed by atoms with Crippen LogP contribution in [0.2, 0.25) is 0 Å². The van der Waals surface area contributed by atoms with Gasteiger partial charge in [0.25, 0.3) is 5.91 Å². The van der Waals surface area contributed by atoms with Crippen molar-refractivity contribution in [2.45, 2.75) is 50.5 Å². The van der Waals surface area contributed by atoms with Gasteiger partial charge in [0.05, 0.1) is 10.6 Å². The Hall–Kier alpha value is -2.13. The third kappa shape index (κ3) is 3.73. The number of rotatable bonds is 3. The van der Waals surface area contributed by atoms with Gasteiger partial charge in [-0.25, -0.2) is 8.42 Å². The Labute approximate surface area is 171 Å². The van der Waals surface area contributed by atoms with E-state index in [9.17, 15) is 18.0 Å². The molecule has 3 heterocycles. The lowest BCUT2D eigenvalue weighted by atomic mass is 9.97. The molecule has 0 spiro atoms. The molecule has 29 heavy (non-hydrogen) atoms. The fourth-order valence-electron chi connectivity index (χ4n) is 4.30. The molecule has 3 aliphatic heterocycles. The molecule has 2 fully saturated rings. The number of carbonyl (C=O) groups is 2. The number of piperidine rings is 1. The second-order valence-electron chi connectivity index (χ2n) is 8.07. The molecule has 0 bridgehead atoms. The summed E-state index contributed by atoms with van der Waals surface area (Å²) < 4.78 is 33.6. The molecule has 0 saturated carbocycles. The molecule has 158 valence electrons. The highest BCUT2D eigenvalue weighted by molar-refractivity contribution is 7.89. The number of ether oxygens (including phenoxy) is 1. The molecule has 0 aliphatic carbocycles. The van der Waals surface area contributed by atoms with Gasteiger partial charge in [-0.2, -0.15) is 4.31 Å². The van der Waals surface area contributed by atoms with Crippen molar-refractivity contribution in [3.63, 3.8) is 0 Å². The number of nitrogens with one attached hydrogen (secondary N) is 1. The van der Waals surface area contributed by atoms with E-state index in [1.54, 1.807) is 19.9 Å². The van der Waals surface area contributed by atoms with Crippen molar-refractivity contribution in [3.05, 3.63) is 17.7 Å². The zero-order valence-electron chi connectivity index (χ0n) is 16.8. The maximum absolute atomic E-state index is 13.3. The minimum absolute atomic E-state index is 0.0939.